The minimum Gasteiger partial charge on any atom is -0.497 e. The van der Waals surface area contributed by atoms with Crippen molar-refractivity contribution in [2.24, 2.45) is 11.8 Å². The lowest BCUT2D eigenvalue weighted by molar-refractivity contribution is 0.0769. The number of amides is 1. The van der Waals surface area contributed by atoms with Crippen LogP contribution in [-0.2, 0) is 0 Å². The number of likely N-dealkylation sites (tertiary alicyclic amines) is 2. The second kappa shape index (κ2) is 5.94. The number of carbonyl (C=O) groups excluding carboxylic acids is 1. The normalized spacial score (nSPS) is 23.5. The smallest absolute Gasteiger partial charge is 0.274 e. The van der Waals surface area contributed by atoms with E-state index in [9.17, 15) is 4.79 Å². The predicted octanol–water partition coefficient (Wildman–Crippen LogP) is 1.51. The minimum absolute atomic E-state index is 0.0410. The molecule has 0 aliphatic carbocycles. The highest BCUT2D eigenvalue weighted by Crippen LogP contribution is 2.30. The van der Waals surface area contributed by atoms with Gasteiger partial charge in [-0.1, -0.05) is 0 Å². The Morgan fingerprint density at radius 3 is 2.38 bits per heavy atom. The van der Waals surface area contributed by atoms with E-state index in [4.69, 9.17) is 4.74 Å². The Kier molecular flexibility index (Phi) is 3.76. The lowest BCUT2D eigenvalue weighted by atomic mass is 10.0. The molecule has 0 spiro atoms. The zero-order chi connectivity index (χ0) is 16.7. The summed E-state index contributed by atoms with van der Waals surface area (Å²) < 4.78 is 6.90. The Bertz CT molecular complexity index is 726. The van der Waals surface area contributed by atoms with E-state index in [0.29, 0.717) is 17.5 Å². The summed E-state index contributed by atoms with van der Waals surface area (Å²) in [5, 5.41) is 4.46. The van der Waals surface area contributed by atoms with Gasteiger partial charge in [-0.05, 0) is 49.2 Å². The molecule has 0 radical (unpaired) electrons. The first-order chi connectivity index (χ1) is 11.6. The van der Waals surface area contributed by atoms with Crippen molar-refractivity contribution in [3.8, 4) is 11.4 Å². The Morgan fingerprint density at radius 1 is 1.08 bits per heavy atom. The molecule has 6 heteroatoms. The fraction of sp³-hybridized carbons (Fsp3) is 0.444. The molecule has 3 heterocycles. The molecule has 24 heavy (non-hydrogen) atoms. The molecule has 2 aromatic rings. The highest BCUT2D eigenvalue weighted by molar-refractivity contribution is 5.92. The van der Waals surface area contributed by atoms with Gasteiger partial charge in [-0.25, -0.2) is 4.68 Å². The number of aromatic nitrogens is 2. The molecule has 2 fully saturated rings. The van der Waals surface area contributed by atoms with Crippen molar-refractivity contribution < 1.29 is 9.53 Å². The third-order valence-electron chi connectivity index (χ3n) is 5.10. The summed E-state index contributed by atoms with van der Waals surface area (Å²) >= 11 is 0. The average Bonchev–Trinajstić information content (AvgIpc) is 3.28. The van der Waals surface area contributed by atoms with Crippen molar-refractivity contribution in [2.75, 3.05) is 40.3 Å². The van der Waals surface area contributed by atoms with Gasteiger partial charge in [0, 0.05) is 32.4 Å². The van der Waals surface area contributed by atoms with E-state index in [2.05, 4.69) is 17.0 Å². The van der Waals surface area contributed by atoms with Gasteiger partial charge in [0.25, 0.3) is 5.91 Å². The van der Waals surface area contributed by atoms with Gasteiger partial charge in [0.1, 0.15) is 5.75 Å². The second-order valence-electron chi connectivity index (χ2n) is 6.80. The maximum absolute atomic E-state index is 12.7. The van der Waals surface area contributed by atoms with Gasteiger partial charge >= 0.3 is 0 Å². The SMILES string of the molecule is COc1ccc(-n2ccc(C(=O)N3C[C@H]4CN(C)C[C@H]4C3)n2)cc1. The molecule has 0 unspecified atom stereocenters. The summed E-state index contributed by atoms with van der Waals surface area (Å²) in [4.78, 5) is 17.0. The second-order valence-corrected chi connectivity index (χ2v) is 6.80. The topological polar surface area (TPSA) is 50.6 Å². The molecule has 2 saturated heterocycles. The van der Waals surface area contributed by atoms with E-state index in [1.807, 2.05) is 35.4 Å². The predicted molar refractivity (Wildman–Crippen MR) is 90.5 cm³/mol. The van der Waals surface area contributed by atoms with Gasteiger partial charge in [0.05, 0.1) is 12.8 Å². The monoisotopic (exact) mass is 326 g/mol. The molecule has 1 aromatic heterocycles. The van der Waals surface area contributed by atoms with E-state index in [1.54, 1.807) is 17.9 Å². The molecule has 2 aliphatic rings. The number of fused-ring (bicyclic) bond motifs is 1. The molecule has 6 nitrogen and oxygen atoms in total. The molecule has 1 amide bonds. The molecule has 2 aliphatic heterocycles. The van der Waals surface area contributed by atoms with Crippen LogP contribution in [0.1, 0.15) is 10.5 Å². The first-order valence-corrected chi connectivity index (χ1v) is 8.32. The van der Waals surface area contributed by atoms with Gasteiger partial charge in [-0.3, -0.25) is 4.79 Å². The van der Waals surface area contributed by atoms with Crippen LogP contribution in [-0.4, -0.2) is 65.8 Å². The lowest BCUT2D eigenvalue weighted by Gasteiger charge is -2.18. The van der Waals surface area contributed by atoms with Crippen molar-refractivity contribution in [1.29, 1.82) is 0 Å². The largest absolute Gasteiger partial charge is 0.497 e. The minimum atomic E-state index is 0.0410. The number of carbonyl (C=O) groups is 1. The van der Waals surface area contributed by atoms with Crippen LogP contribution < -0.4 is 4.74 Å². The Morgan fingerprint density at radius 2 is 1.75 bits per heavy atom. The van der Waals surface area contributed by atoms with E-state index >= 15 is 0 Å². The maximum Gasteiger partial charge on any atom is 0.274 e. The first kappa shape index (κ1) is 15.2. The van der Waals surface area contributed by atoms with Crippen molar-refractivity contribution >= 4 is 5.91 Å². The van der Waals surface area contributed by atoms with Crippen LogP contribution in [0.4, 0.5) is 0 Å². The maximum atomic E-state index is 12.7. The molecule has 2 atom stereocenters. The van der Waals surface area contributed by atoms with Crippen LogP contribution in [0.2, 0.25) is 0 Å². The highest BCUT2D eigenvalue weighted by Gasteiger charge is 2.40. The third-order valence-corrected chi connectivity index (χ3v) is 5.10. The number of nitrogens with zero attached hydrogens (tertiary/aromatic N) is 4. The summed E-state index contributed by atoms with van der Waals surface area (Å²) in [6, 6.07) is 9.42. The summed E-state index contributed by atoms with van der Waals surface area (Å²) in [6.45, 7) is 3.88. The molecule has 126 valence electrons. The van der Waals surface area contributed by atoms with Crippen LogP contribution in [0, 0.1) is 11.8 Å². The van der Waals surface area contributed by atoms with Crippen molar-refractivity contribution in [3.05, 3.63) is 42.2 Å². The van der Waals surface area contributed by atoms with Gasteiger partial charge in [-0.15, -0.1) is 0 Å². The number of ether oxygens (including phenoxy) is 1. The number of methoxy groups -OCH3 is 1. The molecular formula is C18H22N4O2. The molecular weight excluding hydrogens is 304 g/mol. The van der Waals surface area contributed by atoms with Gasteiger partial charge in [-0.2, -0.15) is 5.10 Å². The van der Waals surface area contributed by atoms with Crippen molar-refractivity contribution in [1.82, 2.24) is 19.6 Å². The van der Waals surface area contributed by atoms with E-state index in [1.165, 1.54) is 0 Å². The Hall–Kier alpha value is -2.34. The van der Waals surface area contributed by atoms with Crippen molar-refractivity contribution in [2.45, 2.75) is 0 Å². The quantitative estimate of drug-likeness (QED) is 0.858. The summed E-state index contributed by atoms with van der Waals surface area (Å²) in [5.41, 5.74) is 1.42. The molecule has 0 saturated carbocycles. The summed E-state index contributed by atoms with van der Waals surface area (Å²) in [7, 11) is 3.80. The average molecular weight is 326 g/mol. The van der Waals surface area contributed by atoms with Crippen LogP contribution in [0.15, 0.2) is 36.5 Å². The van der Waals surface area contributed by atoms with Gasteiger partial charge in [0.2, 0.25) is 0 Å². The number of benzene rings is 1. The third kappa shape index (κ3) is 2.67. The summed E-state index contributed by atoms with van der Waals surface area (Å²) in [6.07, 6.45) is 1.83. The van der Waals surface area contributed by atoms with Crippen LogP contribution in [0.25, 0.3) is 5.69 Å². The van der Waals surface area contributed by atoms with Gasteiger partial charge in [0.15, 0.2) is 5.69 Å². The zero-order valence-corrected chi connectivity index (χ0v) is 14.1. The standard InChI is InChI=1S/C18H22N4O2/c1-20-9-13-11-21(12-14(13)10-20)18(23)17-7-8-22(19-17)15-3-5-16(24-2)6-4-15/h3-8,13-14H,9-12H2,1-2H3/t13-,14+. The molecule has 1 aromatic carbocycles. The Balaban J connectivity index is 1.47. The lowest BCUT2D eigenvalue weighted by Crippen LogP contribution is -2.32. The van der Waals surface area contributed by atoms with E-state index in [-0.39, 0.29) is 5.91 Å². The van der Waals surface area contributed by atoms with Crippen LogP contribution in [0.3, 0.4) is 0 Å². The number of hydrogen-bond acceptors (Lipinski definition) is 4. The first-order valence-electron chi connectivity index (χ1n) is 8.32. The van der Waals surface area contributed by atoms with Gasteiger partial charge < -0.3 is 14.5 Å². The number of hydrogen-bond donors (Lipinski definition) is 0. The fourth-order valence-corrected chi connectivity index (χ4v) is 3.87. The molecule has 0 N–H and O–H groups in total. The van der Waals surface area contributed by atoms with Crippen molar-refractivity contribution in [3.63, 3.8) is 0 Å². The van der Waals surface area contributed by atoms with E-state index < -0.39 is 0 Å². The fourth-order valence-electron chi connectivity index (χ4n) is 3.87. The summed E-state index contributed by atoms with van der Waals surface area (Å²) in [5.74, 6) is 2.07. The number of rotatable bonds is 3. The van der Waals surface area contributed by atoms with E-state index in [0.717, 1.165) is 37.6 Å². The zero-order valence-electron chi connectivity index (χ0n) is 14.1. The Labute approximate surface area is 141 Å². The highest BCUT2D eigenvalue weighted by atomic mass is 16.5. The molecule has 0 bridgehead atoms. The van der Waals surface area contributed by atoms with Crippen LogP contribution in [0.5, 0.6) is 5.75 Å². The van der Waals surface area contributed by atoms with Crippen LogP contribution >= 0.6 is 0 Å². The molecule has 4 rings (SSSR count).